The summed E-state index contributed by atoms with van der Waals surface area (Å²) in [5.41, 5.74) is 2.03. The Morgan fingerprint density at radius 1 is 1.04 bits per heavy atom. The van der Waals surface area contributed by atoms with Gasteiger partial charge in [-0.3, -0.25) is 0 Å². The summed E-state index contributed by atoms with van der Waals surface area (Å²) in [5, 5.41) is 3.27. The molecule has 0 radical (unpaired) electrons. The molecule has 4 nitrogen and oxygen atoms in total. The van der Waals surface area contributed by atoms with Crippen LogP contribution in [0.25, 0.3) is 10.9 Å². The van der Waals surface area contributed by atoms with Gasteiger partial charge in [0.25, 0.3) is 10.0 Å². The third kappa shape index (κ3) is 2.32. The Morgan fingerprint density at radius 3 is 2.71 bits per heavy atom. The standard InChI is InChI=1S/C17H14F2N2O2S/c18-13-8-16(19)15-4-6-21(17(15)9-13)24(22,23)14-2-1-11-3-5-20-10-12(11)7-14/h1-2,4,6-9,20H,3,5,10H2. The molecular weight excluding hydrogens is 334 g/mol. The molecule has 1 aliphatic rings. The van der Waals surface area contributed by atoms with Crippen molar-refractivity contribution in [3.8, 4) is 0 Å². The minimum atomic E-state index is -3.93. The van der Waals surface area contributed by atoms with E-state index in [2.05, 4.69) is 5.32 Å². The van der Waals surface area contributed by atoms with Gasteiger partial charge in [-0.1, -0.05) is 6.07 Å². The Morgan fingerprint density at radius 2 is 1.88 bits per heavy atom. The molecule has 124 valence electrons. The fraction of sp³-hybridized carbons (Fsp3) is 0.176. The van der Waals surface area contributed by atoms with Crippen molar-refractivity contribution in [1.82, 2.24) is 9.29 Å². The van der Waals surface area contributed by atoms with E-state index in [1.165, 1.54) is 12.3 Å². The maximum absolute atomic E-state index is 13.8. The SMILES string of the molecule is O=S(=O)(c1ccc2c(c1)CNCC2)n1ccc2c(F)cc(F)cc21. The van der Waals surface area contributed by atoms with Crippen molar-refractivity contribution in [3.05, 3.63) is 65.4 Å². The highest BCUT2D eigenvalue weighted by molar-refractivity contribution is 7.90. The lowest BCUT2D eigenvalue weighted by Crippen LogP contribution is -2.24. The summed E-state index contributed by atoms with van der Waals surface area (Å²) < 4.78 is 54.1. The van der Waals surface area contributed by atoms with Crippen LogP contribution in [0.4, 0.5) is 8.78 Å². The van der Waals surface area contributed by atoms with Crippen molar-refractivity contribution in [2.24, 2.45) is 0 Å². The van der Waals surface area contributed by atoms with E-state index in [0.29, 0.717) is 6.54 Å². The smallest absolute Gasteiger partial charge is 0.268 e. The molecule has 1 aliphatic heterocycles. The normalized spacial score (nSPS) is 14.8. The number of halogens is 2. The molecule has 1 aromatic heterocycles. The minimum Gasteiger partial charge on any atom is -0.312 e. The summed E-state index contributed by atoms with van der Waals surface area (Å²) in [4.78, 5) is 0.104. The van der Waals surface area contributed by atoms with E-state index >= 15 is 0 Å². The molecule has 0 aliphatic carbocycles. The van der Waals surface area contributed by atoms with Crippen molar-refractivity contribution in [2.75, 3.05) is 6.54 Å². The molecule has 1 N–H and O–H groups in total. The first kappa shape index (κ1) is 15.3. The van der Waals surface area contributed by atoms with Crippen molar-refractivity contribution in [1.29, 1.82) is 0 Å². The van der Waals surface area contributed by atoms with Crippen molar-refractivity contribution in [2.45, 2.75) is 17.9 Å². The quantitative estimate of drug-likeness (QED) is 0.775. The average molecular weight is 348 g/mol. The van der Waals surface area contributed by atoms with Crippen LogP contribution in [0, 0.1) is 11.6 Å². The molecule has 2 aromatic carbocycles. The van der Waals surface area contributed by atoms with Gasteiger partial charge in [-0.2, -0.15) is 0 Å². The Balaban J connectivity index is 1.89. The molecule has 7 heteroatoms. The molecule has 3 aromatic rings. The van der Waals surface area contributed by atoms with Gasteiger partial charge in [-0.25, -0.2) is 21.2 Å². The van der Waals surface area contributed by atoms with Crippen molar-refractivity contribution in [3.63, 3.8) is 0 Å². The Labute approximate surface area is 137 Å². The highest BCUT2D eigenvalue weighted by Gasteiger charge is 2.22. The number of nitrogens with zero attached hydrogens (tertiary/aromatic N) is 1. The summed E-state index contributed by atoms with van der Waals surface area (Å²) >= 11 is 0. The molecule has 24 heavy (non-hydrogen) atoms. The summed E-state index contributed by atoms with van der Waals surface area (Å²) in [6, 6.07) is 8.07. The number of rotatable bonds is 2. The highest BCUT2D eigenvalue weighted by atomic mass is 32.2. The third-order valence-electron chi connectivity index (χ3n) is 4.31. The van der Waals surface area contributed by atoms with Crippen molar-refractivity contribution < 1.29 is 17.2 Å². The average Bonchev–Trinajstić information content (AvgIpc) is 2.99. The van der Waals surface area contributed by atoms with Gasteiger partial charge in [0.05, 0.1) is 10.4 Å². The molecular formula is C17H14F2N2O2S. The zero-order valence-corrected chi connectivity index (χ0v) is 13.4. The van der Waals surface area contributed by atoms with Crippen LogP contribution >= 0.6 is 0 Å². The molecule has 0 saturated heterocycles. The van der Waals surface area contributed by atoms with Crippen LogP contribution in [0.5, 0.6) is 0 Å². The van der Waals surface area contributed by atoms with Crippen LogP contribution in [-0.4, -0.2) is 18.9 Å². The van der Waals surface area contributed by atoms with Crippen LogP contribution in [0.3, 0.4) is 0 Å². The van der Waals surface area contributed by atoms with E-state index in [0.717, 1.165) is 40.2 Å². The van der Waals surface area contributed by atoms with Gasteiger partial charge in [0.15, 0.2) is 0 Å². The second-order valence-electron chi connectivity index (χ2n) is 5.79. The molecule has 0 amide bonds. The first-order valence-electron chi connectivity index (χ1n) is 7.51. The molecule has 0 spiro atoms. The van der Waals surface area contributed by atoms with E-state index < -0.39 is 21.7 Å². The van der Waals surface area contributed by atoms with Gasteiger partial charge in [0.1, 0.15) is 11.6 Å². The lowest BCUT2D eigenvalue weighted by molar-refractivity contribution is 0.586. The van der Waals surface area contributed by atoms with E-state index in [-0.39, 0.29) is 15.8 Å². The Bertz CT molecular complexity index is 1060. The molecule has 0 saturated carbocycles. The van der Waals surface area contributed by atoms with Crippen LogP contribution in [0.15, 0.2) is 47.5 Å². The third-order valence-corrected chi connectivity index (χ3v) is 5.99. The fourth-order valence-electron chi connectivity index (χ4n) is 3.08. The molecule has 0 bridgehead atoms. The highest BCUT2D eigenvalue weighted by Crippen LogP contribution is 2.27. The number of hydrogen-bond donors (Lipinski definition) is 1. The predicted molar refractivity (Wildman–Crippen MR) is 86.3 cm³/mol. The zero-order chi connectivity index (χ0) is 16.9. The van der Waals surface area contributed by atoms with E-state index in [1.54, 1.807) is 18.2 Å². The maximum Gasteiger partial charge on any atom is 0.268 e. The summed E-state index contributed by atoms with van der Waals surface area (Å²) in [7, 11) is -3.93. The van der Waals surface area contributed by atoms with E-state index in [4.69, 9.17) is 0 Å². The van der Waals surface area contributed by atoms with E-state index in [1.807, 2.05) is 0 Å². The van der Waals surface area contributed by atoms with Crippen LogP contribution in [0.2, 0.25) is 0 Å². The molecule has 0 fully saturated rings. The maximum atomic E-state index is 13.8. The number of hydrogen-bond acceptors (Lipinski definition) is 3. The first-order valence-corrected chi connectivity index (χ1v) is 8.95. The molecule has 0 atom stereocenters. The van der Waals surface area contributed by atoms with Gasteiger partial charge in [-0.15, -0.1) is 0 Å². The second-order valence-corrected chi connectivity index (χ2v) is 7.61. The lowest BCUT2D eigenvalue weighted by atomic mass is 10.0. The lowest BCUT2D eigenvalue weighted by Gasteiger charge is -2.18. The largest absolute Gasteiger partial charge is 0.312 e. The molecule has 2 heterocycles. The van der Waals surface area contributed by atoms with Gasteiger partial charge >= 0.3 is 0 Å². The molecule has 4 rings (SSSR count). The van der Waals surface area contributed by atoms with Gasteiger partial charge in [-0.05, 0) is 48.4 Å². The van der Waals surface area contributed by atoms with Gasteiger partial charge < -0.3 is 5.32 Å². The number of aromatic nitrogens is 1. The molecule has 0 unspecified atom stereocenters. The summed E-state index contributed by atoms with van der Waals surface area (Å²) in [6.07, 6.45) is 2.10. The topological polar surface area (TPSA) is 51.1 Å². The van der Waals surface area contributed by atoms with Crippen LogP contribution in [-0.2, 0) is 23.0 Å². The van der Waals surface area contributed by atoms with Crippen molar-refractivity contribution >= 4 is 20.9 Å². The van der Waals surface area contributed by atoms with Gasteiger partial charge in [0.2, 0.25) is 0 Å². The summed E-state index contributed by atoms with van der Waals surface area (Å²) in [6.45, 7) is 1.47. The Hall–Kier alpha value is -2.25. The number of nitrogens with one attached hydrogen (secondary N) is 1. The fourth-order valence-corrected chi connectivity index (χ4v) is 4.47. The number of benzene rings is 2. The first-order chi connectivity index (χ1) is 11.5. The second kappa shape index (κ2) is 5.39. The summed E-state index contributed by atoms with van der Waals surface area (Å²) in [5.74, 6) is -1.60. The monoisotopic (exact) mass is 348 g/mol. The predicted octanol–water partition coefficient (Wildman–Crippen LogP) is 2.80. The minimum absolute atomic E-state index is 0.0108. The Kier molecular flexibility index (Phi) is 3.43. The van der Waals surface area contributed by atoms with E-state index in [9.17, 15) is 17.2 Å². The van der Waals surface area contributed by atoms with Crippen LogP contribution < -0.4 is 5.32 Å². The number of fused-ring (bicyclic) bond motifs is 2. The zero-order valence-electron chi connectivity index (χ0n) is 12.6. The van der Waals surface area contributed by atoms with Gasteiger partial charge in [0, 0.05) is 24.2 Å². The van der Waals surface area contributed by atoms with Crippen LogP contribution in [0.1, 0.15) is 11.1 Å².